The minimum atomic E-state index is 1.07. The van der Waals surface area contributed by atoms with E-state index in [0.29, 0.717) is 0 Å². The molecule has 7 heavy (non-hydrogen) atoms. The number of methoxy groups -OCH3 is 1. The summed E-state index contributed by atoms with van der Waals surface area (Å²) < 4.78 is 4.63. The van der Waals surface area contributed by atoms with E-state index in [0.717, 1.165) is 6.42 Å². The monoisotopic (exact) mass is 99.1 g/mol. The minimum absolute atomic E-state index is 1.07. The number of ether oxygens (including phenoxy) is 1. The minimum Gasteiger partial charge on any atom is -0.505 e. The first-order chi connectivity index (χ1) is 3.41. The van der Waals surface area contributed by atoms with E-state index in [9.17, 15) is 0 Å². The van der Waals surface area contributed by atoms with Crippen LogP contribution in [0.1, 0.15) is 13.3 Å². The summed E-state index contributed by atoms with van der Waals surface area (Å²) in [7, 11) is 1.64. The number of hydrogen-bond acceptors (Lipinski definition) is 1. The Morgan fingerprint density at radius 2 is 2.29 bits per heavy atom. The van der Waals surface area contributed by atoms with E-state index in [4.69, 9.17) is 0 Å². The molecule has 0 saturated heterocycles. The highest BCUT2D eigenvalue weighted by molar-refractivity contribution is 4.88. The fraction of sp³-hybridized carbons (Fsp3) is 0.500. The van der Waals surface area contributed by atoms with Gasteiger partial charge in [-0.25, -0.2) is 0 Å². The second kappa shape index (κ2) is 5.54. The largest absolute Gasteiger partial charge is 0.505 e. The van der Waals surface area contributed by atoms with Gasteiger partial charge in [-0.1, -0.05) is 6.92 Å². The van der Waals surface area contributed by atoms with Gasteiger partial charge in [-0.15, -0.1) is 0 Å². The fourth-order valence-corrected chi connectivity index (χ4v) is 0.270. The van der Waals surface area contributed by atoms with E-state index >= 15 is 0 Å². The van der Waals surface area contributed by atoms with Crippen LogP contribution >= 0.6 is 0 Å². The molecule has 0 N–H and O–H groups in total. The molecule has 0 fully saturated rings. The van der Waals surface area contributed by atoms with E-state index in [-0.39, 0.29) is 0 Å². The zero-order valence-electron chi connectivity index (χ0n) is 4.85. The molecular formula is C6H11O. The summed E-state index contributed by atoms with van der Waals surface area (Å²) in [6.45, 7) is 2.08. The van der Waals surface area contributed by atoms with Crippen LogP contribution in [0.5, 0.6) is 0 Å². The van der Waals surface area contributed by atoms with E-state index < -0.39 is 0 Å². The van der Waals surface area contributed by atoms with Crippen molar-refractivity contribution >= 4 is 0 Å². The van der Waals surface area contributed by atoms with Crippen LogP contribution in [-0.4, -0.2) is 7.11 Å². The van der Waals surface area contributed by atoms with Crippen molar-refractivity contribution in [3.63, 3.8) is 0 Å². The molecular weight excluding hydrogens is 88.1 g/mol. The second-order valence-corrected chi connectivity index (χ2v) is 1.21. The standard InChI is InChI=1S/C6H11O/c1-3-4-5-6-7-2/h4-6H,3H2,1-2H3/b6-5+. The molecule has 0 aromatic carbocycles. The molecule has 0 atom stereocenters. The summed E-state index contributed by atoms with van der Waals surface area (Å²) in [5.74, 6) is 0. The Morgan fingerprint density at radius 1 is 1.57 bits per heavy atom. The number of allylic oxidation sites excluding steroid dienone is 1. The van der Waals surface area contributed by atoms with Gasteiger partial charge in [0.05, 0.1) is 13.4 Å². The summed E-state index contributed by atoms with van der Waals surface area (Å²) in [6.07, 6.45) is 6.65. The molecule has 0 aliphatic heterocycles. The molecule has 0 bridgehead atoms. The van der Waals surface area contributed by atoms with Crippen molar-refractivity contribution in [2.24, 2.45) is 0 Å². The highest BCUT2D eigenvalue weighted by Crippen LogP contribution is 1.84. The van der Waals surface area contributed by atoms with Crippen LogP contribution in [0, 0.1) is 6.42 Å². The summed E-state index contributed by atoms with van der Waals surface area (Å²) in [5.41, 5.74) is 0. The number of unbranched alkanes of at least 4 members (excludes halogenated alkanes) is 1. The molecule has 0 aromatic rings. The van der Waals surface area contributed by atoms with Crippen molar-refractivity contribution < 1.29 is 4.74 Å². The third kappa shape index (κ3) is 5.54. The SMILES string of the molecule is CC[CH]/C=C/OC. The molecule has 0 saturated carbocycles. The molecule has 0 aromatic heterocycles. The van der Waals surface area contributed by atoms with E-state index in [1.807, 2.05) is 12.5 Å². The summed E-state index contributed by atoms with van der Waals surface area (Å²) in [4.78, 5) is 0. The first-order valence-electron chi connectivity index (χ1n) is 2.43. The van der Waals surface area contributed by atoms with E-state index in [1.165, 1.54) is 0 Å². The quantitative estimate of drug-likeness (QED) is 0.490. The van der Waals surface area contributed by atoms with Gasteiger partial charge in [0.15, 0.2) is 0 Å². The topological polar surface area (TPSA) is 9.23 Å². The van der Waals surface area contributed by atoms with Crippen molar-refractivity contribution in [1.82, 2.24) is 0 Å². The lowest BCUT2D eigenvalue weighted by Gasteiger charge is -1.83. The van der Waals surface area contributed by atoms with Gasteiger partial charge in [-0.2, -0.15) is 0 Å². The Morgan fingerprint density at radius 3 is 2.71 bits per heavy atom. The molecule has 0 spiro atoms. The zero-order chi connectivity index (χ0) is 5.54. The molecule has 0 heterocycles. The predicted octanol–water partition coefficient (Wildman–Crippen LogP) is 1.76. The summed E-state index contributed by atoms with van der Waals surface area (Å²) >= 11 is 0. The van der Waals surface area contributed by atoms with Gasteiger partial charge < -0.3 is 4.74 Å². The molecule has 1 nitrogen and oxygen atoms in total. The number of hydrogen-bond donors (Lipinski definition) is 0. The van der Waals surface area contributed by atoms with Crippen LogP contribution in [0.4, 0.5) is 0 Å². The van der Waals surface area contributed by atoms with Crippen LogP contribution in [-0.2, 0) is 4.74 Å². The second-order valence-electron chi connectivity index (χ2n) is 1.21. The van der Waals surface area contributed by atoms with E-state index in [2.05, 4.69) is 11.7 Å². The highest BCUT2D eigenvalue weighted by Gasteiger charge is 1.68. The average molecular weight is 99.2 g/mol. The van der Waals surface area contributed by atoms with Crippen molar-refractivity contribution in [1.29, 1.82) is 0 Å². The average Bonchev–Trinajstić information content (AvgIpc) is 1.69. The Bertz CT molecular complexity index is 48.1. The smallest absolute Gasteiger partial charge is 0.0787 e. The van der Waals surface area contributed by atoms with Crippen molar-refractivity contribution in [3.05, 3.63) is 18.8 Å². The molecule has 41 valence electrons. The van der Waals surface area contributed by atoms with Crippen molar-refractivity contribution in [2.45, 2.75) is 13.3 Å². The normalized spacial score (nSPS) is 10.0. The molecule has 0 aliphatic rings. The van der Waals surface area contributed by atoms with Gasteiger partial charge >= 0.3 is 0 Å². The van der Waals surface area contributed by atoms with Gasteiger partial charge in [-0.05, 0) is 18.9 Å². The summed E-state index contributed by atoms with van der Waals surface area (Å²) in [6, 6.07) is 0. The van der Waals surface area contributed by atoms with Gasteiger partial charge in [0.2, 0.25) is 0 Å². The fourth-order valence-electron chi connectivity index (χ4n) is 0.270. The van der Waals surface area contributed by atoms with Crippen LogP contribution < -0.4 is 0 Å². The number of rotatable bonds is 3. The van der Waals surface area contributed by atoms with Gasteiger partial charge in [0.25, 0.3) is 0 Å². The third-order valence-corrected chi connectivity index (χ3v) is 0.586. The Kier molecular flexibility index (Phi) is 5.18. The first kappa shape index (κ1) is 6.54. The lowest BCUT2D eigenvalue weighted by molar-refractivity contribution is 0.337. The Labute approximate surface area is 45.0 Å². The molecule has 0 rings (SSSR count). The van der Waals surface area contributed by atoms with Crippen LogP contribution in [0.25, 0.3) is 0 Å². The lowest BCUT2D eigenvalue weighted by Crippen LogP contribution is -1.65. The third-order valence-electron chi connectivity index (χ3n) is 0.586. The Balaban J connectivity index is 2.78. The van der Waals surface area contributed by atoms with Gasteiger partial charge in [0.1, 0.15) is 0 Å². The predicted molar refractivity (Wildman–Crippen MR) is 30.7 cm³/mol. The first-order valence-corrected chi connectivity index (χ1v) is 2.43. The Hall–Kier alpha value is -0.460. The molecule has 1 radical (unpaired) electrons. The van der Waals surface area contributed by atoms with Crippen molar-refractivity contribution in [3.8, 4) is 0 Å². The maximum Gasteiger partial charge on any atom is 0.0787 e. The maximum atomic E-state index is 4.63. The lowest BCUT2D eigenvalue weighted by atomic mass is 10.3. The van der Waals surface area contributed by atoms with Crippen LogP contribution in [0.3, 0.4) is 0 Å². The van der Waals surface area contributed by atoms with Gasteiger partial charge in [0, 0.05) is 0 Å². The van der Waals surface area contributed by atoms with Crippen LogP contribution in [0.15, 0.2) is 12.3 Å². The molecule has 0 amide bonds. The molecule has 0 unspecified atom stereocenters. The molecule has 0 aliphatic carbocycles. The van der Waals surface area contributed by atoms with Crippen molar-refractivity contribution in [2.75, 3.05) is 7.11 Å². The highest BCUT2D eigenvalue weighted by atomic mass is 16.5. The zero-order valence-corrected chi connectivity index (χ0v) is 4.85. The van der Waals surface area contributed by atoms with Gasteiger partial charge in [-0.3, -0.25) is 0 Å². The maximum absolute atomic E-state index is 4.63. The summed E-state index contributed by atoms with van der Waals surface area (Å²) in [5, 5.41) is 0. The van der Waals surface area contributed by atoms with E-state index in [1.54, 1.807) is 13.4 Å². The van der Waals surface area contributed by atoms with Crippen LogP contribution in [0.2, 0.25) is 0 Å². The molecule has 1 heteroatoms.